The summed E-state index contributed by atoms with van der Waals surface area (Å²) in [6.45, 7) is 2.08. The summed E-state index contributed by atoms with van der Waals surface area (Å²) in [5.74, 6) is 1.10. The van der Waals surface area contributed by atoms with E-state index in [1.807, 2.05) is 17.5 Å². The molecule has 17 heavy (non-hydrogen) atoms. The predicted octanol–water partition coefficient (Wildman–Crippen LogP) is 3.87. The van der Waals surface area contributed by atoms with E-state index in [0.29, 0.717) is 11.5 Å². The third kappa shape index (κ3) is 3.88. The fourth-order valence-corrected chi connectivity index (χ4v) is 4.74. The van der Waals surface area contributed by atoms with E-state index < -0.39 is 10.8 Å². The second kappa shape index (κ2) is 6.09. The second-order valence-corrected chi connectivity index (χ2v) is 7.72. The Morgan fingerprint density at radius 2 is 2.24 bits per heavy atom. The van der Waals surface area contributed by atoms with E-state index >= 15 is 0 Å². The fraction of sp³-hybridized carbons (Fsp3) is 0.364. The number of hydrogen-bond acceptors (Lipinski definition) is 4. The molecule has 0 aliphatic rings. The molecule has 2 nitrogen and oxygen atoms in total. The Kier molecular flexibility index (Phi) is 4.73. The van der Waals surface area contributed by atoms with Crippen LogP contribution >= 0.6 is 34.3 Å². The van der Waals surface area contributed by atoms with Gasteiger partial charge in [-0.2, -0.15) is 0 Å². The molecule has 0 aliphatic heterocycles. The summed E-state index contributed by atoms with van der Waals surface area (Å²) in [6, 6.07) is 3.78. The van der Waals surface area contributed by atoms with Gasteiger partial charge in [-0.05, 0) is 18.6 Å². The van der Waals surface area contributed by atoms with Crippen LogP contribution in [0.2, 0.25) is 4.34 Å². The van der Waals surface area contributed by atoms with Crippen molar-refractivity contribution in [2.45, 2.75) is 24.9 Å². The third-order valence-corrected chi connectivity index (χ3v) is 5.85. The van der Waals surface area contributed by atoms with Crippen LogP contribution in [-0.4, -0.2) is 9.19 Å². The summed E-state index contributed by atoms with van der Waals surface area (Å²) in [6.07, 6.45) is 0.942. The number of thiophene rings is 1. The van der Waals surface area contributed by atoms with Gasteiger partial charge in [0.05, 0.1) is 26.5 Å². The van der Waals surface area contributed by atoms with Gasteiger partial charge >= 0.3 is 0 Å². The van der Waals surface area contributed by atoms with Gasteiger partial charge in [0.1, 0.15) is 0 Å². The molecule has 0 N–H and O–H groups in total. The molecule has 2 aromatic heterocycles. The summed E-state index contributed by atoms with van der Waals surface area (Å²) >= 11 is 8.96. The molecule has 2 aromatic rings. The molecule has 2 heterocycles. The minimum absolute atomic E-state index is 0.534. The molecular formula is C11H12ClNOS3. The Hall–Kier alpha value is -0.230. The summed E-state index contributed by atoms with van der Waals surface area (Å²) in [5.41, 5.74) is 0.938. The summed E-state index contributed by atoms with van der Waals surface area (Å²) in [4.78, 5) is 5.49. The number of rotatable bonds is 5. The first-order chi connectivity index (χ1) is 8.17. The van der Waals surface area contributed by atoms with Crippen LogP contribution in [0.15, 0.2) is 17.5 Å². The van der Waals surface area contributed by atoms with E-state index in [9.17, 15) is 4.21 Å². The summed E-state index contributed by atoms with van der Waals surface area (Å²) in [5, 5.41) is 3.11. The first-order valence-electron chi connectivity index (χ1n) is 5.20. The Balaban J connectivity index is 1.93. The molecule has 0 fully saturated rings. The molecule has 0 aromatic carbocycles. The second-order valence-electron chi connectivity index (χ2n) is 3.52. The highest BCUT2D eigenvalue weighted by molar-refractivity contribution is 7.83. The Labute approximate surface area is 116 Å². The SMILES string of the molecule is CCc1nc(C[S@](=O)Cc2ccc(Cl)s2)cs1. The topological polar surface area (TPSA) is 30.0 Å². The van der Waals surface area contributed by atoms with Crippen molar-refractivity contribution < 1.29 is 4.21 Å². The number of aromatic nitrogens is 1. The van der Waals surface area contributed by atoms with Crippen molar-refractivity contribution in [2.75, 3.05) is 0 Å². The van der Waals surface area contributed by atoms with Gasteiger partial charge in [0, 0.05) is 21.1 Å². The van der Waals surface area contributed by atoms with Gasteiger partial charge in [-0.25, -0.2) is 4.98 Å². The van der Waals surface area contributed by atoms with Gasteiger partial charge < -0.3 is 0 Å². The van der Waals surface area contributed by atoms with Crippen LogP contribution in [0.1, 0.15) is 22.5 Å². The van der Waals surface area contributed by atoms with Gasteiger partial charge in [0.2, 0.25) is 0 Å². The lowest BCUT2D eigenvalue weighted by molar-refractivity contribution is 0.682. The first kappa shape index (κ1) is 13.2. The van der Waals surface area contributed by atoms with E-state index in [4.69, 9.17) is 11.6 Å². The van der Waals surface area contributed by atoms with E-state index in [-0.39, 0.29) is 0 Å². The lowest BCUT2D eigenvalue weighted by Crippen LogP contribution is -1.98. The molecule has 0 aliphatic carbocycles. The van der Waals surface area contributed by atoms with Crippen molar-refractivity contribution >= 4 is 45.1 Å². The molecule has 1 atom stereocenters. The Morgan fingerprint density at radius 3 is 2.82 bits per heavy atom. The summed E-state index contributed by atoms with van der Waals surface area (Å²) in [7, 11) is -0.901. The normalized spacial score (nSPS) is 12.8. The molecule has 0 bridgehead atoms. The van der Waals surface area contributed by atoms with Crippen LogP contribution < -0.4 is 0 Å². The Bertz CT molecular complexity index is 520. The van der Waals surface area contributed by atoms with Crippen molar-refractivity contribution in [3.8, 4) is 0 Å². The van der Waals surface area contributed by atoms with E-state index in [2.05, 4.69) is 11.9 Å². The van der Waals surface area contributed by atoms with Gasteiger partial charge in [0.25, 0.3) is 0 Å². The van der Waals surface area contributed by atoms with Gasteiger partial charge in [0.15, 0.2) is 0 Å². The molecular weight excluding hydrogens is 294 g/mol. The molecule has 0 saturated heterocycles. The smallest absolute Gasteiger partial charge is 0.0931 e. The fourth-order valence-electron chi connectivity index (χ4n) is 1.38. The average Bonchev–Trinajstić information content (AvgIpc) is 2.88. The van der Waals surface area contributed by atoms with Crippen molar-refractivity contribution in [3.63, 3.8) is 0 Å². The van der Waals surface area contributed by atoms with Crippen molar-refractivity contribution in [2.24, 2.45) is 0 Å². The molecule has 92 valence electrons. The number of halogens is 1. The first-order valence-corrected chi connectivity index (χ1v) is 8.76. The highest BCUT2D eigenvalue weighted by Gasteiger charge is 2.08. The predicted molar refractivity (Wildman–Crippen MR) is 76.4 cm³/mol. The number of hydrogen-bond donors (Lipinski definition) is 0. The summed E-state index contributed by atoms with van der Waals surface area (Å²) < 4.78 is 12.7. The maximum atomic E-state index is 11.9. The zero-order valence-corrected chi connectivity index (χ0v) is 12.5. The van der Waals surface area contributed by atoms with Gasteiger partial charge in [-0.1, -0.05) is 18.5 Å². The quantitative estimate of drug-likeness (QED) is 0.839. The van der Waals surface area contributed by atoms with Crippen LogP contribution in [-0.2, 0) is 28.7 Å². The zero-order chi connectivity index (χ0) is 12.3. The van der Waals surface area contributed by atoms with E-state index in [0.717, 1.165) is 26.3 Å². The molecule has 2 rings (SSSR count). The molecule has 0 spiro atoms. The van der Waals surface area contributed by atoms with Crippen LogP contribution in [0.5, 0.6) is 0 Å². The maximum absolute atomic E-state index is 11.9. The highest BCUT2D eigenvalue weighted by atomic mass is 35.5. The lowest BCUT2D eigenvalue weighted by atomic mass is 10.5. The van der Waals surface area contributed by atoms with Crippen molar-refractivity contribution in [1.29, 1.82) is 0 Å². The van der Waals surface area contributed by atoms with Crippen LogP contribution in [0.3, 0.4) is 0 Å². The maximum Gasteiger partial charge on any atom is 0.0931 e. The van der Waals surface area contributed by atoms with Crippen LogP contribution in [0.25, 0.3) is 0 Å². The monoisotopic (exact) mass is 305 g/mol. The van der Waals surface area contributed by atoms with Gasteiger partial charge in [-0.15, -0.1) is 22.7 Å². The molecule has 6 heteroatoms. The van der Waals surface area contributed by atoms with Gasteiger partial charge in [-0.3, -0.25) is 4.21 Å². The minimum atomic E-state index is -0.901. The highest BCUT2D eigenvalue weighted by Crippen LogP contribution is 2.23. The van der Waals surface area contributed by atoms with E-state index in [1.165, 1.54) is 11.3 Å². The van der Waals surface area contributed by atoms with Crippen molar-refractivity contribution in [1.82, 2.24) is 4.98 Å². The lowest BCUT2D eigenvalue weighted by Gasteiger charge is -1.97. The largest absolute Gasteiger partial charge is 0.259 e. The average molecular weight is 306 g/mol. The molecule has 0 saturated carbocycles. The van der Waals surface area contributed by atoms with E-state index in [1.54, 1.807) is 11.3 Å². The zero-order valence-electron chi connectivity index (χ0n) is 9.31. The number of thiazole rings is 1. The van der Waals surface area contributed by atoms with Crippen LogP contribution in [0, 0.1) is 0 Å². The third-order valence-electron chi connectivity index (χ3n) is 2.14. The number of nitrogens with zero attached hydrogens (tertiary/aromatic N) is 1. The molecule has 0 unspecified atom stereocenters. The molecule has 0 amide bonds. The standard InChI is InChI=1S/C11H12ClNOS3/c1-2-11-13-8(5-15-11)6-17(14)7-9-3-4-10(12)16-9/h3-5H,2,6-7H2,1H3/t17-/m0/s1. The molecule has 0 radical (unpaired) electrons. The van der Waals surface area contributed by atoms with Crippen LogP contribution in [0.4, 0.5) is 0 Å². The van der Waals surface area contributed by atoms with Crippen molar-refractivity contribution in [3.05, 3.63) is 37.4 Å². The number of aryl methyl sites for hydroxylation is 1. The Morgan fingerprint density at radius 1 is 1.41 bits per heavy atom. The minimum Gasteiger partial charge on any atom is -0.259 e.